The monoisotopic (exact) mass is 256 g/mol. The molecule has 0 saturated heterocycles. The molecule has 0 bridgehead atoms. The predicted octanol–water partition coefficient (Wildman–Crippen LogP) is 2.91. The smallest absolute Gasteiger partial charge is 0.270 e. The summed E-state index contributed by atoms with van der Waals surface area (Å²) in [6.45, 7) is 2.23. The molecule has 0 aromatic heterocycles. The molecule has 0 radical (unpaired) electrons. The van der Waals surface area contributed by atoms with E-state index in [2.05, 4.69) is 29.4 Å². The Morgan fingerprint density at radius 2 is 2.21 bits per heavy atom. The highest BCUT2D eigenvalue weighted by Gasteiger charge is 2.25. The van der Waals surface area contributed by atoms with Crippen LogP contribution in [0.3, 0.4) is 0 Å². The summed E-state index contributed by atoms with van der Waals surface area (Å²) in [5.74, 6) is 0.559. The number of carbonyl (C=O) groups is 1. The molecule has 1 heterocycles. The van der Waals surface area contributed by atoms with Crippen molar-refractivity contribution in [3.05, 3.63) is 35.6 Å². The zero-order valence-electron chi connectivity index (χ0n) is 11.4. The third kappa shape index (κ3) is 2.55. The van der Waals surface area contributed by atoms with Crippen molar-refractivity contribution in [1.82, 2.24) is 5.32 Å². The van der Waals surface area contributed by atoms with Crippen LogP contribution in [0, 0.1) is 5.92 Å². The lowest BCUT2D eigenvalue weighted by Crippen LogP contribution is -2.41. The van der Waals surface area contributed by atoms with Crippen LogP contribution in [0.5, 0.6) is 0 Å². The second-order valence-electron chi connectivity index (χ2n) is 5.67. The van der Waals surface area contributed by atoms with Gasteiger partial charge in [0.05, 0.1) is 5.71 Å². The van der Waals surface area contributed by atoms with Crippen molar-refractivity contribution in [3.63, 3.8) is 0 Å². The molecule has 0 spiro atoms. The molecule has 0 aromatic rings. The largest absolute Gasteiger partial charge is 0.348 e. The molecule has 2 aliphatic carbocycles. The fourth-order valence-electron chi connectivity index (χ4n) is 3.01. The molecule has 2 atom stereocenters. The quantitative estimate of drug-likeness (QED) is 0.811. The first-order valence-electron chi connectivity index (χ1n) is 7.22. The van der Waals surface area contributed by atoms with Crippen LogP contribution in [0.4, 0.5) is 0 Å². The summed E-state index contributed by atoms with van der Waals surface area (Å²) in [5.41, 5.74) is 2.57. The van der Waals surface area contributed by atoms with Crippen molar-refractivity contribution < 1.29 is 4.79 Å². The highest BCUT2D eigenvalue weighted by molar-refractivity contribution is 6.17. The van der Waals surface area contributed by atoms with Crippen LogP contribution in [0.2, 0.25) is 0 Å². The van der Waals surface area contributed by atoms with Gasteiger partial charge in [-0.25, -0.2) is 4.99 Å². The van der Waals surface area contributed by atoms with Crippen LogP contribution in [-0.4, -0.2) is 17.7 Å². The van der Waals surface area contributed by atoms with E-state index in [0.29, 0.717) is 17.7 Å². The lowest BCUT2D eigenvalue weighted by Gasteiger charge is -2.29. The highest BCUT2D eigenvalue weighted by Crippen LogP contribution is 2.25. The van der Waals surface area contributed by atoms with E-state index in [0.717, 1.165) is 24.1 Å². The SMILES string of the molecule is C[C@H]1CCCC[C@H]1NC(=O)C1=CC2=CCC=CC2=N1. The first kappa shape index (κ1) is 12.4. The maximum Gasteiger partial charge on any atom is 0.270 e. The molecule has 0 unspecified atom stereocenters. The topological polar surface area (TPSA) is 41.5 Å². The average molecular weight is 256 g/mol. The van der Waals surface area contributed by atoms with Crippen LogP contribution in [0.25, 0.3) is 0 Å². The van der Waals surface area contributed by atoms with Gasteiger partial charge in [0.2, 0.25) is 0 Å². The number of carbonyl (C=O) groups excluding carboxylic acids is 1. The summed E-state index contributed by atoms with van der Waals surface area (Å²) in [4.78, 5) is 16.7. The molecule has 1 N–H and O–H groups in total. The molecule has 1 fully saturated rings. The minimum atomic E-state index is -0.0186. The maximum atomic E-state index is 12.3. The Morgan fingerprint density at radius 3 is 3.00 bits per heavy atom. The number of rotatable bonds is 2. The zero-order chi connectivity index (χ0) is 13.2. The molecule has 3 nitrogen and oxygen atoms in total. The lowest BCUT2D eigenvalue weighted by atomic mass is 9.86. The fraction of sp³-hybridized carbons (Fsp3) is 0.500. The Labute approximate surface area is 114 Å². The number of aliphatic imine (C=N–C) groups is 1. The number of fused-ring (bicyclic) bond motifs is 1. The summed E-state index contributed by atoms with van der Waals surface area (Å²) >= 11 is 0. The summed E-state index contributed by atoms with van der Waals surface area (Å²) in [5, 5.41) is 3.15. The minimum absolute atomic E-state index is 0.0186. The van der Waals surface area contributed by atoms with Gasteiger partial charge in [-0.2, -0.15) is 0 Å². The van der Waals surface area contributed by atoms with Gasteiger partial charge >= 0.3 is 0 Å². The zero-order valence-corrected chi connectivity index (χ0v) is 11.4. The highest BCUT2D eigenvalue weighted by atomic mass is 16.2. The second kappa shape index (κ2) is 5.16. The molecule has 1 aliphatic heterocycles. The Hall–Kier alpha value is -1.64. The van der Waals surface area contributed by atoms with Gasteiger partial charge in [-0.1, -0.05) is 31.9 Å². The third-order valence-corrected chi connectivity index (χ3v) is 4.24. The van der Waals surface area contributed by atoms with E-state index in [-0.39, 0.29) is 5.91 Å². The van der Waals surface area contributed by atoms with E-state index in [1.807, 2.05) is 12.2 Å². The van der Waals surface area contributed by atoms with Gasteiger partial charge in [0, 0.05) is 6.04 Å². The van der Waals surface area contributed by atoms with Crippen LogP contribution in [0.15, 0.2) is 40.6 Å². The molecule has 19 heavy (non-hydrogen) atoms. The van der Waals surface area contributed by atoms with Crippen molar-refractivity contribution in [2.24, 2.45) is 10.9 Å². The van der Waals surface area contributed by atoms with E-state index in [1.54, 1.807) is 0 Å². The van der Waals surface area contributed by atoms with Gasteiger partial charge < -0.3 is 5.32 Å². The lowest BCUT2D eigenvalue weighted by molar-refractivity contribution is -0.118. The van der Waals surface area contributed by atoms with Gasteiger partial charge in [0.1, 0.15) is 5.70 Å². The van der Waals surface area contributed by atoms with Crippen LogP contribution in [0.1, 0.15) is 39.0 Å². The van der Waals surface area contributed by atoms with Gasteiger partial charge in [-0.3, -0.25) is 4.79 Å². The van der Waals surface area contributed by atoms with Crippen molar-refractivity contribution in [2.45, 2.75) is 45.1 Å². The Balaban J connectivity index is 1.68. The van der Waals surface area contributed by atoms with Crippen molar-refractivity contribution in [3.8, 4) is 0 Å². The predicted molar refractivity (Wildman–Crippen MR) is 76.9 cm³/mol. The number of amides is 1. The van der Waals surface area contributed by atoms with E-state index in [9.17, 15) is 4.79 Å². The molecular weight excluding hydrogens is 236 g/mol. The normalized spacial score (nSPS) is 29.2. The van der Waals surface area contributed by atoms with Crippen molar-refractivity contribution >= 4 is 11.6 Å². The Bertz CT molecular complexity index is 511. The molecule has 3 aliphatic rings. The van der Waals surface area contributed by atoms with Crippen molar-refractivity contribution in [2.75, 3.05) is 0 Å². The summed E-state index contributed by atoms with van der Waals surface area (Å²) in [6.07, 6.45) is 13.8. The van der Waals surface area contributed by atoms with E-state index >= 15 is 0 Å². The fourth-order valence-corrected chi connectivity index (χ4v) is 3.01. The number of nitrogens with one attached hydrogen (secondary N) is 1. The average Bonchev–Trinajstić information content (AvgIpc) is 2.85. The Morgan fingerprint density at radius 1 is 1.37 bits per heavy atom. The number of allylic oxidation sites excluding steroid dienone is 5. The van der Waals surface area contributed by atoms with Gasteiger partial charge in [0.25, 0.3) is 5.91 Å². The third-order valence-electron chi connectivity index (χ3n) is 4.24. The van der Waals surface area contributed by atoms with E-state index in [1.165, 1.54) is 19.3 Å². The van der Waals surface area contributed by atoms with E-state index < -0.39 is 0 Å². The first-order valence-corrected chi connectivity index (χ1v) is 7.22. The molecular formula is C16H20N2O. The summed E-state index contributed by atoms with van der Waals surface area (Å²) in [6, 6.07) is 0.314. The molecule has 3 rings (SSSR count). The van der Waals surface area contributed by atoms with Crippen LogP contribution >= 0.6 is 0 Å². The van der Waals surface area contributed by atoms with Crippen LogP contribution in [-0.2, 0) is 4.79 Å². The van der Waals surface area contributed by atoms with Gasteiger partial charge in [-0.05, 0) is 42.9 Å². The molecule has 1 amide bonds. The maximum absolute atomic E-state index is 12.3. The molecule has 100 valence electrons. The minimum Gasteiger partial charge on any atom is -0.348 e. The van der Waals surface area contributed by atoms with Gasteiger partial charge in [0.15, 0.2) is 0 Å². The number of nitrogens with zero attached hydrogens (tertiary/aromatic N) is 1. The molecule has 3 heteroatoms. The Kier molecular flexibility index (Phi) is 3.36. The number of hydrogen-bond acceptors (Lipinski definition) is 2. The van der Waals surface area contributed by atoms with Crippen LogP contribution < -0.4 is 5.32 Å². The van der Waals surface area contributed by atoms with E-state index in [4.69, 9.17) is 0 Å². The van der Waals surface area contributed by atoms with Crippen molar-refractivity contribution in [1.29, 1.82) is 0 Å². The number of hydrogen-bond donors (Lipinski definition) is 1. The van der Waals surface area contributed by atoms with Gasteiger partial charge in [-0.15, -0.1) is 0 Å². The first-order chi connectivity index (χ1) is 9.24. The molecule has 0 aromatic carbocycles. The second-order valence-corrected chi connectivity index (χ2v) is 5.67. The summed E-state index contributed by atoms with van der Waals surface area (Å²) < 4.78 is 0. The standard InChI is InChI=1S/C16H20N2O/c1-11-6-2-4-8-13(11)18-16(19)15-10-12-7-3-5-9-14(12)17-15/h5,7,9-11,13H,2-4,6,8H2,1H3,(H,18,19)/t11-,13+/m0/s1. The molecule has 1 saturated carbocycles. The summed E-state index contributed by atoms with van der Waals surface area (Å²) in [7, 11) is 0.